The van der Waals surface area contributed by atoms with Gasteiger partial charge in [0.1, 0.15) is 17.2 Å². The highest BCUT2D eigenvalue weighted by Crippen LogP contribution is 2.20. The molecule has 0 aromatic heterocycles. The quantitative estimate of drug-likeness (QED) is 0.604. The number of hydrogen-bond donors (Lipinski definition) is 2. The second-order valence-corrected chi connectivity index (χ2v) is 5.00. The molecular formula is C18H20N2O4. The summed E-state index contributed by atoms with van der Waals surface area (Å²) >= 11 is 0. The van der Waals surface area contributed by atoms with Crippen LogP contribution in [0.25, 0.3) is 0 Å². The zero-order chi connectivity index (χ0) is 17.4. The zero-order valence-electron chi connectivity index (χ0n) is 13.7. The Bertz CT molecular complexity index is 711. The standard InChI is InChI=1S/C18H20N2O4/c1-3-13-4-6-15(7-5-13)24-12-18(22)20-19-11-14-10-16(23-2)8-9-17(14)21/h4-11,21H,3,12H2,1-2H3,(H,20,22)/b19-11+. The molecule has 0 fully saturated rings. The van der Waals surface area contributed by atoms with Gasteiger partial charge in [-0.2, -0.15) is 5.10 Å². The number of phenolic OH excluding ortho intramolecular Hbond substituents is 1. The van der Waals surface area contributed by atoms with Gasteiger partial charge in [-0.3, -0.25) is 4.79 Å². The molecule has 2 aromatic carbocycles. The summed E-state index contributed by atoms with van der Waals surface area (Å²) in [5.74, 6) is 0.852. The Balaban J connectivity index is 1.84. The molecule has 2 aromatic rings. The van der Waals surface area contributed by atoms with E-state index in [1.54, 1.807) is 12.1 Å². The molecule has 2 N–H and O–H groups in total. The molecule has 0 spiro atoms. The fourth-order valence-corrected chi connectivity index (χ4v) is 1.94. The molecule has 6 heteroatoms. The molecule has 0 heterocycles. The van der Waals surface area contributed by atoms with E-state index in [-0.39, 0.29) is 12.4 Å². The van der Waals surface area contributed by atoms with Gasteiger partial charge in [0, 0.05) is 5.56 Å². The maximum atomic E-state index is 11.7. The molecule has 0 radical (unpaired) electrons. The molecule has 0 unspecified atom stereocenters. The van der Waals surface area contributed by atoms with Crippen LogP contribution in [0.5, 0.6) is 17.2 Å². The lowest BCUT2D eigenvalue weighted by atomic mass is 10.2. The number of aryl methyl sites for hydroxylation is 1. The van der Waals surface area contributed by atoms with Crippen molar-refractivity contribution in [1.29, 1.82) is 0 Å². The SMILES string of the molecule is CCc1ccc(OCC(=O)N/N=C/c2cc(OC)ccc2O)cc1. The molecule has 126 valence electrons. The Morgan fingerprint density at radius 3 is 2.58 bits per heavy atom. The summed E-state index contributed by atoms with van der Waals surface area (Å²) in [5, 5.41) is 13.5. The molecule has 0 aliphatic rings. The summed E-state index contributed by atoms with van der Waals surface area (Å²) < 4.78 is 10.4. The summed E-state index contributed by atoms with van der Waals surface area (Å²) in [5.41, 5.74) is 3.98. The predicted molar refractivity (Wildman–Crippen MR) is 91.7 cm³/mol. The normalized spacial score (nSPS) is 10.6. The summed E-state index contributed by atoms with van der Waals surface area (Å²) in [7, 11) is 1.53. The lowest BCUT2D eigenvalue weighted by Gasteiger charge is -2.06. The Morgan fingerprint density at radius 1 is 1.21 bits per heavy atom. The van der Waals surface area contributed by atoms with Gasteiger partial charge in [0.2, 0.25) is 0 Å². The van der Waals surface area contributed by atoms with E-state index in [0.29, 0.717) is 17.1 Å². The highest BCUT2D eigenvalue weighted by Gasteiger charge is 2.03. The van der Waals surface area contributed by atoms with Crippen LogP contribution in [0.4, 0.5) is 0 Å². The minimum Gasteiger partial charge on any atom is -0.507 e. The maximum absolute atomic E-state index is 11.7. The fourth-order valence-electron chi connectivity index (χ4n) is 1.94. The van der Waals surface area contributed by atoms with Crippen LogP contribution in [0.1, 0.15) is 18.1 Å². The predicted octanol–water partition coefficient (Wildman–Crippen LogP) is 2.49. The van der Waals surface area contributed by atoms with Gasteiger partial charge in [0.25, 0.3) is 5.91 Å². The summed E-state index contributed by atoms with van der Waals surface area (Å²) in [6.07, 6.45) is 2.29. The van der Waals surface area contributed by atoms with Gasteiger partial charge in [-0.15, -0.1) is 0 Å². The van der Waals surface area contributed by atoms with Crippen molar-refractivity contribution in [2.45, 2.75) is 13.3 Å². The van der Waals surface area contributed by atoms with Crippen molar-refractivity contribution >= 4 is 12.1 Å². The molecule has 0 atom stereocenters. The number of ether oxygens (including phenoxy) is 2. The average molecular weight is 328 g/mol. The summed E-state index contributed by atoms with van der Waals surface area (Å²) in [6, 6.07) is 12.3. The van der Waals surface area contributed by atoms with Crippen LogP contribution in [-0.2, 0) is 11.2 Å². The van der Waals surface area contributed by atoms with E-state index in [9.17, 15) is 9.90 Å². The highest BCUT2D eigenvalue weighted by molar-refractivity contribution is 5.85. The fraction of sp³-hybridized carbons (Fsp3) is 0.222. The largest absolute Gasteiger partial charge is 0.507 e. The summed E-state index contributed by atoms with van der Waals surface area (Å²) in [4.78, 5) is 11.7. The number of aromatic hydroxyl groups is 1. The van der Waals surface area contributed by atoms with Gasteiger partial charge in [0.05, 0.1) is 13.3 Å². The lowest BCUT2D eigenvalue weighted by molar-refractivity contribution is -0.123. The van der Waals surface area contributed by atoms with E-state index < -0.39 is 5.91 Å². The Kier molecular flexibility index (Phi) is 6.19. The number of rotatable bonds is 7. The number of phenols is 1. The number of nitrogens with one attached hydrogen (secondary N) is 1. The van der Waals surface area contributed by atoms with Crippen molar-refractivity contribution in [2.75, 3.05) is 13.7 Å². The maximum Gasteiger partial charge on any atom is 0.277 e. The number of carbonyl (C=O) groups excluding carboxylic acids is 1. The van der Waals surface area contributed by atoms with Crippen molar-refractivity contribution in [3.63, 3.8) is 0 Å². The first kappa shape index (κ1) is 17.3. The van der Waals surface area contributed by atoms with Crippen molar-refractivity contribution in [2.24, 2.45) is 5.10 Å². The topological polar surface area (TPSA) is 80.2 Å². The third-order valence-electron chi connectivity index (χ3n) is 3.33. The summed E-state index contributed by atoms with van der Waals surface area (Å²) in [6.45, 7) is 1.92. The number of amides is 1. The van der Waals surface area contributed by atoms with Gasteiger partial charge in [-0.25, -0.2) is 5.43 Å². The van der Waals surface area contributed by atoms with E-state index in [1.807, 2.05) is 24.3 Å². The molecule has 0 saturated carbocycles. The number of nitrogens with zero attached hydrogens (tertiary/aromatic N) is 1. The molecule has 0 bridgehead atoms. The van der Waals surface area contributed by atoms with Crippen LogP contribution < -0.4 is 14.9 Å². The molecule has 24 heavy (non-hydrogen) atoms. The smallest absolute Gasteiger partial charge is 0.277 e. The van der Waals surface area contributed by atoms with Crippen LogP contribution >= 0.6 is 0 Å². The van der Waals surface area contributed by atoms with Gasteiger partial charge >= 0.3 is 0 Å². The Hall–Kier alpha value is -3.02. The minimum atomic E-state index is -0.395. The highest BCUT2D eigenvalue weighted by atomic mass is 16.5. The van der Waals surface area contributed by atoms with Gasteiger partial charge in [-0.1, -0.05) is 19.1 Å². The van der Waals surface area contributed by atoms with Crippen LogP contribution in [0.3, 0.4) is 0 Å². The molecule has 6 nitrogen and oxygen atoms in total. The van der Waals surface area contributed by atoms with E-state index in [1.165, 1.54) is 25.0 Å². The minimum absolute atomic E-state index is 0.0427. The van der Waals surface area contributed by atoms with Crippen molar-refractivity contribution in [1.82, 2.24) is 5.43 Å². The molecule has 0 aliphatic heterocycles. The van der Waals surface area contributed by atoms with Gasteiger partial charge < -0.3 is 14.6 Å². The Labute approximate surface area is 140 Å². The van der Waals surface area contributed by atoms with E-state index in [0.717, 1.165) is 6.42 Å². The first-order valence-electron chi connectivity index (χ1n) is 7.53. The number of benzene rings is 2. The second-order valence-electron chi connectivity index (χ2n) is 5.00. The monoisotopic (exact) mass is 328 g/mol. The first-order chi connectivity index (χ1) is 11.6. The average Bonchev–Trinajstić information content (AvgIpc) is 2.62. The number of carbonyl (C=O) groups is 1. The molecule has 2 rings (SSSR count). The molecule has 0 saturated heterocycles. The van der Waals surface area contributed by atoms with Crippen LogP contribution in [0, 0.1) is 0 Å². The zero-order valence-corrected chi connectivity index (χ0v) is 13.7. The van der Waals surface area contributed by atoms with Crippen LogP contribution in [0.15, 0.2) is 47.6 Å². The number of hydrazone groups is 1. The molecule has 1 amide bonds. The van der Waals surface area contributed by atoms with Gasteiger partial charge in [0.15, 0.2) is 6.61 Å². The molecular weight excluding hydrogens is 308 g/mol. The molecule has 0 aliphatic carbocycles. The lowest BCUT2D eigenvalue weighted by Crippen LogP contribution is -2.24. The first-order valence-corrected chi connectivity index (χ1v) is 7.53. The third kappa shape index (κ3) is 5.01. The second kappa shape index (κ2) is 8.57. The Morgan fingerprint density at radius 2 is 1.92 bits per heavy atom. The number of methoxy groups -OCH3 is 1. The number of hydrogen-bond acceptors (Lipinski definition) is 5. The van der Waals surface area contributed by atoms with Crippen molar-refractivity contribution in [3.8, 4) is 17.2 Å². The van der Waals surface area contributed by atoms with Crippen molar-refractivity contribution < 1.29 is 19.4 Å². The van der Waals surface area contributed by atoms with Gasteiger partial charge in [-0.05, 0) is 42.3 Å². The van der Waals surface area contributed by atoms with Crippen molar-refractivity contribution in [3.05, 3.63) is 53.6 Å². The van der Waals surface area contributed by atoms with E-state index >= 15 is 0 Å². The van der Waals surface area contributed by atoms with Crippen LogP contribution in [0.2, 0.25) is 0 Å². The van der Waals surface area contributed by atoms with E-state index in [4.69, 9.17) is 9.47 Å². The third-order valence-corrected chi connectivity index (χ3v) is 3.33. The van der Waals surface area contributed by atoms with E-state index in [2.05, 4.69) is 17.5 Å². The van der Waals surface area contributed by atoms with Crippen LogP contribution in [-0.4, -0.2) is 30.9 Å².